The summed E-state index contributed by atoms with van der Waals surface area (Å²) in [4.78, 5) is 24.4. The number of aromatic nitrogens is 3. The molecule has 1 aromatic carbocycles. The molecule has 0 aliphatic heterocycles. The number of carbonyl (C=O) groups excluding carboxylic acids is 1. The van der Waals surface area contributed by atoms with Gasteiger partial charge in [0.25, 0.3) is 5.91 Å². The van der Waals surface area contributed by atoms with E-state index >= 15 is 0 Å². The van der Waals surface area contributed by atoms with Gasteiger partial charge in [0.1, 0.15) is 6.26 Å². The van der Waals surface area contributed by atoms with Gasteiger partial charge >= 0.3 is 6.01 Å². The van der Waals surface area contributed by atoms with Crippen LogP contribution in [0.1, 0.15) is 16.1 Å². The number of nitrogens with one attached hydrogen (secondary N) is 1. The Morgan fingerprint density at radius 3 is 2.48 bits per heavy atom. The molecule has 1 amide bonds. The molecule has 0 saturated heterocycles. The lowest BCUT2D eigenvalue weighted by Gasteiger charge is -2.02. The van der Waals surface area contributed by atoms with Crippen molar-refractivity contribution in [3.05, 3.63) is 60.2 Å². The molecule has 21 heavy (non-hydrogen) atoms. The lowest BCUT2D eigenvalue weighted by atomic mass is 10.2. The standard InChI is InChI=1S/C15H12N4O2/c1-10-9-21-15(18-10)19-14(20)12-7-16-13(17-8-12)11-5-3-2-4-6-11/h2-9H,1H3,(H,18,19,20). The molecule has 0 bridgehead atoms. The third-order valence-electron chi connectivity index (χ3n) is 2.79. The van der Waals surface area contributed by atoms with Crippen molar-refractivity contribution in [2.24, 2.45) is 0 Å². The van der Waals surface area contributed by atoms with E-state index in [0.29, 0.717) is 17.1 Å². The van der Waals surface area contributed by atoms with Gasteiger partial charge in [0.2, 0.25) is 0 Å². The van der Waals surface area contributed by atoms with E-state index in [0.717, 1.165) is 5.56 Å². The number of rotatable bonds is 3. The van der Waals surface area contributed by atoms with Crippen molar-refractivity contribution < 1.29 is 9.21 Å². The van der Waals surface area contributed by atoms with Crippen LogP contribution >= 0.6 is 0 Å². The Morgan fingerprint density at radius 2 is 1.86 bits per heavy atom. The number of oxazole rings is 1. The molecule has 3 aromatic rings. The zero-order valence-corrected chi connectivity index (χ0v) is 11.3. The normalized spacial score (nSPS) is 10.3. The van der Waals surface area contributed by atoms with Crippen molar-refractivity contribution in [3.8, 4) is 11.4 Å². The Morgan fingerprint density at radius 1 is 1.14 bits per heavy atom. The first kappa shape index (κ1) is 13.0. The van der Waals surface area contributed by atoms with Crippen LogP contribution in [0.5, 0.6) is 0 Å². The molecule has 104 valence electrons. The van der Waals surface area contributed by atoms with E-state index in [1.165, 1.54) is 18.7 Å². The third-order valence-corrected chi connectivity index (χ3v) is 2.79. The first-order valence-corrected chi connectivity index (χ1v) is 6.33. The van der Waals surface area contributed by atoms with Gasteiger partial charge in [-0.2, -0.15) is 4.98 Å². The highest BCUT2D eigenvalue weighted by Gasteiger charge is 2.11. The highest BCUT2D eigenvalue weighted by Crippen LogP contribution is 2.14. The summed E-state index contributed by atoms with van der Waals surface area (Å²) >= 11 is 0. The van der Waals surface area contributed by atoms with Gasteiger partial charge in [0.05, 0.1) is 11.3 Å². The fraction of sp³-hybridized carbons (Fsp3) is 0.0667. The summed E-state index contributed by atoms with van der Waals surface area (Å²) < 4.78 is 5.07. The molecule has 3 rings (SSSR count). The summed E-state index contributed by atoms with van der Waals surface area (Å²) in [5.74, 6) is 0.204. The van der Waals surface area contributed by atoms with E-state index in [2.05, 4.69) is 20.3 Å². The van der Waals surface area contributed by atoms with Crippen molar-refractivity contribution >= 4 is 11.9 Å². The van der Waals surface area contributed by atoms with Crippen LogP contribution in [-0.4, -0.2) is 20.9 Å². The number of carbonyl (C=O) groups is 1. The van der Waals surface area contributed by atoms with Crippen LogP contribution < -0.4 is 5.32 Å². The average Bonchev–Trinajstić information content (AvgIpc) is 2.93. The van der Waals surface area contributed by atoms with E-state index in [9.17, 15) is 4.79 Å². The van der Waals surface area contributed by atoms with Crippen molar-refractivity contribution in [2.45, 2.75) is 6.92 Å². The smallest absolute Gasteiger partial charge is 0.301 e. The molecule has 0 radical (unpaired) electrons. The minimum Gasteiger partial charge on any atom is -0.432 e. The number of hydrogen-bond donors (Lipinski definition) is 1. The summed E-state index contributed by atoms with van der Waals surface area (Å²) in [5, 5.41) is 2.54. The fourth-order valence-electron chi connectivity index (χ4n) is 1.76. The largest absolute Gasteiger partial charge is 0.432 e. The second-order valence-corrected chi connectivity index (χ2v) is 4.41. The van der Waals surface area contributed by atoms with Crippen LogP contribution in [0.3, 0.4) is 0 Å². The molecule has 0 saturated carbocycles. The highest BCUT2D eigenvalue weighted by atomic mass is 16.4. The van der Waals surface area contributed by atoms with Crippen LogP contribution in [-0.2, 0) is 0 Å². The lowest BCUT2D eigenvalue weighted by molar-refractivity contribution is 0.102. The van der Waals surface area contributed by atoms with Gasteiger partial charge in [-0.1, -0.05) is 30.3 Å². The van der Waals surface area contributed by atoms with Gasteiger partial charge in [-0.3, -0.25) is 10.1 Å². The van der Waals surface area contributed by atoms with Gasteiger partial charge < -0.3 is 4.42 Å². The molecule has 0 spiro atoms. The van der Waals surface area contributed by atoms with E-state index in [-0.39, 0.29) is 11.9 Å². The van der Waals surface area contributed by atoms with Gasteiger partial charge in [0.15, 0.2) is 5.82 Å². The summed E-state index contributed by atoms with van der Waals surface area (Å²) in [6.07, 6.45) is 4.41. The monoisotopic (exact) mass is 280 g/mol. The second kappa shape index (κ2) is 5.54. The molecular weight excluding hydrogens is 268 g/mol. The average molecular weight is 280 g/mol. The zero-order chi connectivity index (χ0) is 14.7. The topological polar surface area (TPSA) is 80.9 Å². The highest BCUT2D eigenvalue weighted by molar-refractivity contribution is 6.02. The predicted molar refractivity (Wildman–Crippen MR) is 76.7 cm³/mol. The summed E-state index contributed by atoms with van der Waals surface area (Å²) in [6.45, 7) is 1.77. The van der Waals surface area contributed by atoms with Crippen LogP contribution in [0.25, 0.3) is 11.4 Å². The Kier molecular flexibility index (Phi) is 3.42. The van der Waals surface area contributed by atoms with E-state index in [1.54, 1.807) is 6.92 Å². The summed E-state index contributed by atoms with van der Waals surface area (Å²) in [6, 6.07) is 9.71. The maximum absolute atomic E-state index is 12.0. The van der Waals surface area contributed by atoms with Gasteiger partial charge in [-0.25, -0.2) is 9.97 Å². The van der Waals surface area contributed by atoms with E-state index in [1.807, 2.05) is 30.3 Å². The SMILES string of the molecule is Cc1coc(NC(=O)c2cnc(-c3ccccc3)nc2)n1. The third kappa shape index (κ3) is 2.94. The first-order chi connectivity index (χ1) is 10.2. The number of amides is 1. The van der Waals surface area contributed by atoms with Crippen LogP contribution in [0.15, 0.2) is 53.4 Å². The number of benzene rings is 1. The summed E-state index contributed by atoms with van der Waals surface area (Å²) in [5.41, 5.74) is 1.93. The van der Waals surface area contributed by atoms with Crippen molar-refractivity contribution in [3.63, 3.8) is 0 Å². The molecular formula is C15H12N4O2. The molecule has 1 N–H and O–H groups in total. The Labute approximate surface area is 120 Å². The van der Waals surface area contributed by atoms with Gasteiger partial charge in [-0.05, 0) is 6.92 Å². The minimum absolute atomic E-state index is 0.157. The Bertz CT molecular complexity index is 751. The van der Waals surface area contributed by atoms with Crippen LogP contribution in [0, 0.1) is 6.92 Å². The second-order valence-electron chi connectivity index (χ2n) is 4.41. The lowest BCUT2D eigenvalue weighted by Crippen LogP contribution is -2.13. The first-order valence-electron chi connectivity index (χ1n) is 6.33. The fourth-order valence-corrected chi connectivity index (χ4v) is 1.76. The molecule has 2 aromatic heterocycles. The molecule has 0 fully saturated rings. The molecule has 6 nitrogen and oxygen atoms in total. The molecule has 6 heteroatoms. The minimum atomic E-state index is -0.364. The molecule has 2 heterocycles. The zero-order valence-electron chi connectivity index (χ0n) is 11.3. The van der Waals surface area contributed by atoms with Crippen LogP contribution in [0.4, 0.5) is 6.01 Å². The quantitative estimate of drug-likeness (QED) is 0.797. The van der Waals surface area contributed by atoms with Crippen molar-refractivity contribution in [1.82, 2.24) is 15.0 Å². The molecule has 0 aliphatic rings. The number of nitrogens with zero attached hydrogens (tertiary/aromatic N) is 3. The van der Waals surface area contributed by atoms with E-state index < -0.39 is 0 Å². The van der Waals surface area contributed by atoms with Crippen LogP contribution in [0.2, 0.25) is 0 Å². The number of aryl methyl sites for hydroxylation is 1. The predicted octanol–water partition coefficient (Wildman–Crippen LogP) is 2.69. The summed E-state index contributed by atoms with van der Waals surface area (Å²) in [7, 11) is 0. The number of anilines is 1. The van der Waals surface area contributed by atoms with Gasteiger partial charge in [-0.15, -0.1) is 0 Å². The van der Waals surface area contributed by atoms with Crippen molar-refractivity contribution in [2.75, 3.05) is 5.32 Å². The molecule has 0 atom stereocenters. The molecule has 0 aliphatic carbocycles. The van der Waals surface area contributed by atoms with Gasteiger partial charge in [0, 0.05) is 18.0 Å². The maximum Gasteiger partial charge on any atom is 0.301 e. The Balaban J connectivity index is 1.76. The Hall–Kier alpha value is -3.02. The maximum atomic E-state index is 12.0. The molecule has 0 unspecified atom stereocenters. The number of hydrogen-bond acceptors (Lipinski definition) is 5. The van der Waals surface area contributed by atoms with Crippen molar-refractivity contribution in [1.29, 1.82) is 0 Å². The van der Waals surface area contributed by atoms with E-state index in [4.69, 9.17) is 4.42 Å².